The minimum Gasteiger partial charge on any atom is -0.0619 e. The maximum absolute atomic E-state index is 2.30. The summed E-state index contributed by atoms with van der Waals surface area (Å²) in [7, 11) is 0. The van der Waals surface area contributed by atoms with E-state index in [2.05, 4.69) is 98.8 Å². The van der Waals surface area contributed by atoms with Crippen molar-refractivity contribution in [3.8, 4) is 11.1 Å². The molecule has 1 aliphatic carbocycles. The first-order valence-electron chi connectivity index (χ1n) is 8.84. The van der Waals surface area contributed by atoms with Gasteiger partial charge in [0.1, 0.15) is 0 Å². The highest BCUT2D eigenvalue weighted by atomic mass is 14.2. The van der Waals surface area contributed by atoms with E-state index in [1.807, 2.05) is 0 Å². The average molecular weight is 322 g/mol. The van der Waals surface area contributed by atoms with E-state index in [1.54, 1.807) is 0 Å². The molecule has 0 atom stereocenters. The second-order valence-corrected chi connectivity index (χ2v) is 6.79. The van der Waals surface area contributed by atoms with E-state index in [1.165, 1.54) is 44.2 Å². The molecule has 0 unspecified atom stereocenters. The summed E-state index contributed by atoms with van der Waals surface area (Å²) in [6, 6.07) is 30.3. The van der Waals surface area contributed by atoms with Crippen LogP contribution in [0.2, 0.25) is 0 Å². The highest BCUT2D eigenvalue weighted by Crippen LogP contribution is 2.36. The summed E-state index contributed by atoms with van der Waals surface area (Å²) >= 11 is 0. The van der Waals surface area contributed by atoms with E-state index in [4.69, 9.17) is 0 Å². The van der Waals surface area contributed by atoms with Crippen molar-refractivity contribution in [2.45, 2.75) is 20.3 Å². The SMILES string of the molecule is Cc1ccc2c(c1)Cc1ccccc1-2.Cc1cccc2ccccc12. The summed E-state index contributed by atoms with van der Waals surface area (Å²) in [6.45, 7) is 4.30. The van der Waals surface area contributed by atoms with Crippen molar-refractivity contribution in [3.05, 3.63) is 107 Å². The van der Waals surface area contributed by atoms with Crippen LogP contribution in [-0.2, 0) is 6.42 Å². The fourth-order valence-corrected chi connectivity index (χ4v) is 3.66. The van der Waals surface area contributed by atoms with Gasteiger partial charge in [-0.1, -0.05) is 90.5 Å². The van der Waals surface area contributed by atoms with Gasteiger partial charge in [-0.2, -0.15) is 0 Å². The molecule has 0 spiro atoms. The molecule has 0 fully saturated rings. The van der Waals surface area contributed by atoms with Gasteiger partial charge in [-0.15, -0.1) is 0 Å². The Morgan fingerprint density at radius 2 is 1.32 bits per heavy atom. The van der Waals surface area contributed by atoms with E-state index < -0.39 is 0 Å². The Balaban J connectivity index is 0.000000129. The lowest BCUT2D eigenvalue weighted by Gasteiger charge is -2.00. The summed E-state index contributed by atoms with van der Waals surface area (Å²) in [5.74, 6) is 0. The minimum atomic E-state index is 1.10. The van der Waals surface area contributed by atoms with Crippen LogP contribution in [0, 0.1) is 13.8 Å². The Bertz CT molecular complexity index is 1040. The molecule has 0 aliphatic heterocycles. The van der Waals surface area contributed by atoms with Gasteiger partial charge in [0.25, 0.3) is 0 Å². The number of aryl methyl sites for hydroxylation is 2. The van der Waals surface area contributed by atoms with Crippen molar-refractivity contribution < 1.29 is 0 Å². The van der Waals surface area contributed by atoms with Crippen LogP contribution >= 0.6 is 0 Å². The molecule has 4 aromatic rings. The molecule has 1 aliphatic rings. The molecule has 0 aromatic heterocycles. The predicted octanol–water partition coefficient (Wildman–Crippen LogP) is 6.71. The molecule has 4 aromatic carbocycles. The van der Waals surface area contributed by atoms with Gasteiger partial charge in [0.2, 0.25) is 0 Å². The molecule has 0 bridgehead atoms. The molecule has 0 saturated heterocycles. The van der Waals surface area contributed by atoms with E-state index in [0.29, 0.717) is 0 Å². The molecule has 0 nitrogen and oxygen atoms in total. The number of fused-ring (bicyclic) bond motifs is 4. The Hall–Kier alpha value is -2.86. The first-order chi connectivity index (χ1) is 12.2. The number of rotatable bonds is 0. The molecule has 0 N–H and O–H groups in total. The Morgan fingerprint density at radius 1 is 0.600 bits per heavy atom. The van der Waals surface area contributed by atoms with Gasteiger partial charge in [-0.05, 0) is 58.9 Å². The van der Waals surface area contributed by atoms with Crippen LogP contribution in [0.5, 0.6) is 0 Å². The number of hydrogen-bond acceptors (Lipinski definition) is 0. The van der Waals surface area contributed by atoms with Crippen molar-refractivity contribution in [1.29, 1.82) is 0 Å². The molecule has 25 heavy (non-hydrogen) atoms. The monoisotopic (exact) mass is 322 g/mol. The summed E-state index contributed by atoms with van der Waals surface area (Å²) in [6.07, 6.45) is 1.10. The van der Waals surface area contributed by atoms with E-state index in [9.17, 15) is 0 Å². The third kappa shape index (κ3) is 3.08. The minimum absolute atomic E-state index is 1.10. The smallest absolute Gasteiger partial charge is 0.00134 e. The first kappa shape index (κ1) is 15.7. The largest absolute Gasteiger partial charge is 0.0619 e. The summed E-state index contributed by atoms with van der Waals surface area (Å²) in [4.78, 5) is 0. The van der Waals surface area contributed by atoms with Gasteiger partial charge < -0.3 is 0 Å². The molecule has 0 heterocycles. The van der Waals surface area contributed by atoms with Gasteiger partial charge in [-0.25, -0.2) is 0 Å². The topological polar surface area (TPSA) is 0 Å². The lowest BCUT2D eigenvalue weighted by Crippen LogP contribution is -1.80. The average Bonchev–Trinajstić information content (AvgIpc) is 3.00. The maximum Gasteiger partial charge on any atom is -0.00134 e. The number of benzene rings is 4. The fourth-order valence-electron chi connectivity index (χ4n) is 3.66. The van der Waals surface area contributed by atoms with Crippen LogP contribution < -0.4 is 0 Å². The van der Waals surface area contributed by atoms with Gasteiger partial charge in [0.15, 0.2) is 0 Å². The van der Waals surface area contributed by atoms with Gasteiger partial charge >= 0.3 is 0 Å². The third-order valence-electron chi connectivity index (χ3n) is 4.96. The summed E-state index contributed by atoms with van der Waals surface area (Å²) in [5, 5.41) is 2.68. The normalized spacial score (nSPS) is 11.4. The van der Waals surface area contributed by atoms with Gasteiger partial charge in [0.05, 0.1) is 0 Å². The number of hydrogen-bond donors (Lipinski definition) is 0. The van der Waals surface area contributed by atoms with Gasteiger partial charge in [0, 0.05) is 0 Å². The Labute approximate surface area is 149 Å². The van der Waals surface area contributed by atoms with Crippen molar-refractivity contribution in [2.24, 2.45) is 0 Å². The molecule has 0 amide bonds. The van der Waals surface area contributed by atoms with Crippen LogP contribution in [0.25, 0.3) is 21.9 Å². The lowest BCUT2D eigenvalue weighted by atomic mass is 10.0. The molecule has 122 valence electrons. The third-order valence-corrected chi connectivity index (χ3v) is 4.96. The highest BCUT2D eigenvalue weighted by molar-refractivity contribution is 5.85. The van der Waals surface area contributed by atoms with Crippen molar-refractivity contribution in [1.82, 2.24) is 0 Å². The molecular formula is C25H22. The maximum atomic E-state index is 2.30. The second kappa shape index (κ2) is 6.57. The fraction of sp³-hybridized carbons (Fsp3) is 0.120. The zero-order chi connectivity index (χ0) is 17.2. The second-order valence-electron chi connectivity index (χ2n) is 6.79. The molecule has 0 radical (unpaired) electrons. The quantitative estimate of drug-likeness (QED) is 0.297. The van der Waals surface area contributed by atoms with Crippen LogP contribution in [0.1, 0.15) is 22.3 Å². The van der Waals surface area contributed by atoms with Crippen molar-refractivity contribution >= 4 is 10.8 Å². The van der Waals surface area contributed by atoms with E-state index >= 15 is 0 Å². The zero-order valence-corrected chi connectivity index (χ0v) is 14.8. The first-order valence-corrected chi connectivity index (χ1v) is 8.84. The standard InChI is InChI=1S/C14H12.C11H10/c1-10-6-7-14-12(8-10)9-11-4-2-3-5-13(11)14;1-9-5-4-7-10-6-2-3-8-11(9)10/h2-8H,9H2,1H3;2-8H,1H3. The zero-order valence-electron chi connectivity index (χ0n) is 14.8. The highest BCUT2D eigenvalue weighted by Gasteiger charge is 2.16. The predicted molar refractivity (Wildman–Crippen MR) is 108 cm³/mol. The van der Waals surface area contributed by atoms with Crippen LogP contribution in [-0.4, -0.2) is 0 Å². The van der Waals surface area contributed by atoms with Gasteiger partial charge in [-0.3, -0.25) is 0 Å². The Kier molecular flexibility index (Phi) is 4.11. The molecule has 5 rings (SSSR count). The van der Waals surface area contributed by atoms with Crippen LogP contribution in [0.4, 0.5) is 0 Å². The molecule has 0 heteroatoms. The summed E-state index contributed by atoms with van der Waals surface area (Å²) < 4.78 is 0. The Morgan fingerprint density at radius 3 is 2.20 bits per heavy atom. The lowest BCUT2D eigenvalue weighted by molar-refractivity contribution is 1.25. The summed E-state index contributed by atoms with van der Waals surface area (Å²) in [5.41, 5.74) is 8.49. The van der Waals surface area contributed by atoms with Crippen molar-refractivity contribution in [2.75, 3.05) is 0 Å². The molecular weight excluding hydrogens is 300 g/mol. The van der Waals surface area contributed by atoms with Crippen LogP contribution in [0.3, 0.4) is 0 Å². The van der Waals surface area contributed by atoms with E-state index in [0.717, 1.165) is 6.42 Å². The van der Waals surface area contributed by atoms with Crippen LogP contribution in [0.15, 0.2) is 84.9 Å². The molecule has 0 saturated carbocycles. The van der Waals surface area contributed by atoms with E-state index in [-0.39, 0.29) is 0 Å². The van der Waals surface area contributed by atoms with Crippen molar-refractivity contribution in [3.63, 3.8) is 0 Å².